The lowest BCUT2D eigenvalue weighted by Gasteiger charge is -2.25. The van der Waals surface area contributed by atoms with Gasteiger partial charge in [0.15, 0.2) is 5.58 Å². The number of aromatic nitrogens is 1. The summed E-state index contributed by atoms with van der Waals surface area (Å²) in [7, 11) is 5.71. The molecule has 1 saturated heterocycles. The van der Waals surface area contributed by atoms with E-state index in [1.807, 2.05) is 37.3 Å². The summed E-state index contributed by atoms with van der Waals surface area (Å²) in [5, 5.41) is 12.5. The second-order valence-corrected chi connectivity index (χ2v) is 7.83. The summed E-state index contributed by atoms with van der Waals surface area (Å²) >= 11 is 0. The number of hydrogen-bond acceptors (Lipinski definition) is 6. The topological polar surface area (TPSA) is 85.4 Å². The van der Waals surface area contributed by atoms with E-state index in [9.17, 15) is 10.1 Å². The van der Waals surface area contributed by atoms with Crippen molar-refractivity contribution in [3.63, 3.8) is 0 Å². The Labute approximate surface area is 175 Å². The van der Waals surface area contributed by atoms with Gasteiger partial charge in [-0.2, -0.15) is 5.26 Å². The van der Waals surface area contributed by atoms with Crippen LogP contribution in [0.15, 0.2) is 34.7 Å². The monoisotopic (exact) mass is 403 g/mol. The number of oxazole rings is 1. The van der Waals surface area contributed by atoms with Crippen molar-refractivity contribution >= 4 is 22.7 Å². The molecule has 7 nitrogen and oxygen atoms in total. The van der Waals surface area contributed by atoms with Gasteiger partial charge in [0.1, 0.15) is 11.6 Å². The van der Waals surface area contributed by atoms with Gasteiger partial charge in [0.2, 0.25) is 0 Å². The summed E-state index contributed by atoms with van der Waals surface area (Å²) in [5.74, 6) is -0.439. The van der Waals surface area contributed by atoms with E-state index in [1.54, 1.807) is 0 Å². The molecule has 1 aliphatic rings. The van der Waals surface area contributed by atoms with Crippen LogP contribution in [0.5, 0.6) is 0 Å². The van der Waals surface area contributed by atoms with Crippen molar-refractivity contribution in [3.8, 4) is 17.2 Å². The van der Waals surface area contributed by atoms with Gasteiger partial charge in [-0.3, -0.25) is 4.79 Å². The van der Waals surface area contributed by atoms with Crippen molar-refractivity contribution in [3.05, 3.63) is 47.3 Å². The average molecular weight is 403 g/mol. The van der Waals surface area contributed by atoms with Crippen LogP contribution in [0.2, 0.25) is 0 Å². The van der Waals surface area contributed by atoms with Gasteiger partial charge in [-0.15, -0.1) is 0 Å². The number of nitrogens with one attached hydrogen (secondary N) is 1. The molecule has 2 heterocycles. The number of benzene rings is 2. The predicted molar refractivity (Wildman–Crippen MR) is 117 cm³/mol. The van der Waals surface area contributed by atoms with Crippen LogP contribution in [0.3, 0.4) is 0 Å². The Hall–Kier alpha value is -3.37. The molecule has 0 saturated carbocycles. The first-order chi connectivity index (χ1) is 14.5. The summed E-state index contributed by atoms with van der Waals surface area (Å²) in [6, 6.07) is 12.7. The van der Waals surface area contributed by atoms with E-state index in [4.69, 9.17) is 4.42 Å². The van der Waals surface area contributed by atoms with Crippen molar-refractivity contribution in [2.45, 2.75) is 19.4 Å². The molecule has 4 rings (SSSR count). The number of nitriles is 1. The van der Waals surface area contributed by atoms with Crippen LogP contribution in [-0.2, 0) is 0 Å². The Kier molecular flexibility index (Phi) is 5.18. The summed E-state index contributed by atoms with van der Waals surface area (Å²) in [4.78, 5) is 21.1. The highest BCUT2D eigenvalue weighted by Gasteiger charge is 2.32. The fraction of sp³-hybridized carbons (Fsp3) is 0.348. The van der Waals surface area contributed by atoms with Gasteiger partial charge in [0.05, 0.1) is 11.3 Å². The maximum Gasteiger partial charge on any atom is 0.306 e. The number of anilines is 1. The molecular formula is C23H25N5O2. The molecule has 30 heavy (non-hydrogen) atoms. The van der Waals surface area contributed by atoms with Crippen molar-refractivity contribution in [2.75, 3.05) is 39.1 Å². The molecule has 3 aromatic rings. The zero-order chi connectivity index (χ0) is 21.4. The standard InChI is InChI=1S/C23H25N5O2/c1-14-17(12-24)19-21(30-23(26-19)22(29)25-2)20(18(14)15-8-6-5-7-9-15)28-11-10-16(13-28)27(3)4/h5-9,16H,10-11,13H2,1-4H3,(H,25,29)/t16-/m0/s1. The van der Waals surface area contributed by atoms with Gasteiger partial charge < -0.3 is 19.5 Å². The minimum absolute atomic E-state index is 0.0294. The number of rotatable bonds is 4. The fourth-order valence-electron chi connectivity index (χ4n) is 4.21. The van der Waals surface area contributed by atoms with Gasteiger partial charge in [-0.1, -0.05) is 30.3 Å². The number of nitrogens with zero attached hydrogens (tertiary/aromatic N) is 4. The van der Waals surface area contributed by atoms with Gasteiger partial charge in [0, 0.05) is 31.7 Å². The maximum absolute atomic E-state index is 12.2. The minimum Gasteiger partial charge on any atom is -0.430 e. The lowest BCUT2D eigenvalue weighted by molar-refractivity contribution is 0.0931. The molecule has 0 aliphatic carbocycles. The van der Waals surface area contributed by atoms with Crippen molar-refractivity contribution < 1.29 is 9.21 Å². The van der Waals surface area contributed by atoms with Crippen LogP contribution in [0.25, 0.3) is 22.2 Å². The van der Waals surface area contributed by atoms with Crippen LogP contribution in [0.1, 0.15) is 28.2 Å². The first-order valence-electron chi connectivity index (χ1n) is 10.0. The molecular weight excluding hydrogens is 378 g/mol. The number of carbonyl (C=O) groups is 1. The molecule has 0 spiro atoms. The highest BCUT2D eigenvalue weighted by Crippen LogP contribution is 2.44. The summed E-state index contributed by atoms with van der Waals surface area (Å²) in [5.41, 5.74) is 5.09. The normalized spacial score (nSPS) is 16.3. The summed E-state index contributed by atoms with van der Waals surface area (Å²) in [6.07, 6.45) is 1.03. The summed E-state index contributed by atoms with van der Waals surface area (Å²) < 4.78 is 5.99. The Morgan fingerprint density at radius 1 is 1.33 bits per heavy atom. The molecule has 0 radical (unpaired) electrons. The number of carbonyl (C=O) groups excluding carboxylic acids is 1. The average Bonchev–Trinajstić information content (AvgIpc) is 3.41. The smallest absolute Gasteiger partial charge is 0.306 e. The van der Waals surface area contributed by atoms with E-state index >= 15 is 0 Å². The minimum atomic E-state index is -0.410. The lowest BCUT2D eigenvalue weighted by atomic mass is 9.93. The molecule has 1 N–H and O–H groups in total. The maximum atomic E-state index is 12.2. The molecule has 1 aliphatic heterocycles. The van der Waals surface area contributed by atoms with E-state index in [1.165, 1.54) is 7.05 Å². The molecule has 1 amide bonds. The van der Waals surface area contributed by atoms with E-state index in [2.05, 4.69) is 40.3 Å². The largest absolute Gasteiger partial charge is 0.430 e. The first kappa shape index (κ1) is 19.9. The predicted octanol–water partition coefficient (Wildman–Crippen LogP) is 3.17. The Morgan fingerprint density at radius 3 is 2.67 bits per heavy atom. The van der Waals surface area contributed by atoms with E-state index < -0.39 is 5.91 Å². The van der Waals surface area contributed by atoms with Crippen molar-refractivity contribution in [2.24, 2.45) is 0 Å². The van der Waals surface area contributed by atoms with E-state index in [0.717, 1.165) is 41.9 Å². The molecule has 154 valence electrons. The molecule has 1 atom stereocenters. The molecule has 1 aromatic heterocycles. The van der Waals surface area contributed by atoms with Crippen molar-refractivity contribution in [1.29, 1.82) is 5.26 Å². The van der Waals surface area contributed by atoms with E-state index in [0.29, 0.717) is 22.7 Å². The molecule has 2 aromatic carbocycles. The van der Waals surface area contributed by atoms with Gasteiger partial charge >= 0.3 is 5.91 Å². The number of hydrogen-bond donors (Lipinski definition) is 1. The molecule has 0 bridgehead atoms. The van der Waals surface area contributed by atoms with Gasteiger partial charge in [0.25, 0.3) is 5.89 Å². The fourth-order valence-corrected chi connectivity index (χ4v) is 4.21. The van der Waals surface area contributed by atoms with Crippen LogP contribution in [0, 0.1) is 18.3 Å². The Morgan fingerprint density at radius 2 is 2.07 bits per heavy atom. The highest BCUT2D eigenvalue weighted by molar-refractivity contribution is 6.04. The second-order valence-electron chi connectivity index (χ2n) is 7.83. The summed E-state index contributed by atoms with van der Waals surface area (Å²) in [6.45, 7) is 3.64. The second kappa shape index (κ2) is 7.81. The van der Waals surface area contributed by atoms with Crippen LogP contribution >= 0.6 is 0 Å². The van der Waals surface area contributed by atoms with E-state index in [-0.39, 0.29) is 5.89 Å². The van der Waals surface area contributed by atoms with Crippen LogP contribution in [-0.4, -0.2) is 56.1 Å². The SMILES string of the molecule is CNC(=O)c1nc2c(C#N)c(C)c(-c3ccccc3)c(N3CC[C@H](N(C)C)C3)c2o1. The number of likely N-dealkylation sites (N-methyl/N-ethyl adjacent to an activating group) is 1. The molecule has 7 heteroatoms. The van der Waals surface area contributed by atoms with Crippen molar-refractivity contribution in [1.82, 2.24) is 15.2 Å². The number of amides is 1. The zero-order valence-electron chi connectivity index (χ0n) is 17.7. The lowest BCUT2D eigenvalue weighted by Crippen LogP contribution is -2.31. The first-order valence-corrected chi connectivity index (χ1v) is 10.0. The third-order valence-corrected chi connectivity index (χ3v) is 5.87. The third-order valence-electron chi connectivity index (χ3n) is 5.87. The highest BCUT2D eigenvalue weighted by atomic mass is 16.4. The van der Waals surface area contributed by atoms with Crippen LogP contribution < -0.4 is 10.2 Å². The zero-order valence-corrected chi connectivity index (χ0v) is 17.7. The third kappa shape index (κ3) is 3.19. The Bertz CT molecular complexity index is 1140. The Balaban J connectivity index is 2.04. The number of fused-ring (bicyclic) bond motifs is 1. The van der Waals surface area contributed by atoms with Gasteiger partial charge in [-0.25, -0.2) is 4.98 Å². The van der Waals surface area contributed by atoms with Crippen LogP contribution in [0.4, 0.5) is 5.69 Å². The molecule has 0 unspecified atom stereocenters. The molecule has 1 fully saturated rings. The van der Waals surface area contributed by atoms with Gasteiger partial charge in [-0.05, 0) is 38.6 Å². The quantitative estimate of drug-likeness (QED) is 0.720.